The number of benzene rings is 1. The fraction of sp³-hybridized carbons (Fsp3) is 0.615. The summed E-state index contributed by atoms with van der Waals surface area (Å²) in [5.74, 6) is -3.02. The van der Waals surface area contributed by atoms with Gasteiger partial charge in [-0.3, -0.25) is 14.4 Å². The molecule has 1 rings (SSSR count). The van der Waals surface area contributed by atoms with E-state index >= 15 is 0 Å². The number of phenols is 1. The zero-order valence-corrected chi connectivity index (χ0v) is 22.2. The van der Waals surface area contributed by atoms with E-state index in [9.17, 15) is 29.4 Å². The Morgan fingerprint density at radius 2 is 1.46 bits per heavy atom. The highest BCUT2D eigenvalue weighted by atomic mass is 16.4. The number of unbranched alkanes of at least 4 members (excludes halogenated alkanes) is 1. The third-order valence-electron chi connectivity index (χ3n) is 5.88. The summed E-state index contributed by atoms with van der Waals surface area (Å²) < 4.78 is 0. The second kappa shape index (κ2) is 15.8. The van der Waals surface area contributed by atoms with Crippen LogP contribution in [0.2, 0.25) is 0 Å². The largest absolute Gasteiger partial charge is 0.508 e. The second-order valence-electron chi connectivity index (χ2n) is 10.1. The molecule has 0 aliphatic heterocycles. The van der Waals surface area contributed by atoms with E-state index in [2.05, 4.69) is 16.0 Å². The molecule has 0 aliphatic carbocycles. The van der Waals surface area contributed by atoms with Gasteiger partial charge in [-0.25, -0.2) is 4.79 Å². The maximum Gasteiger partial charge on any atom is 0.326 e. The van der Waals surface area contributed by atoms with Crippen LogP contribution < -0.4 is 27.4 Å². The first-order valence-electron chi connectivity index (χ1n) is 12.7. The van der Waals surface area contributed by atoms with Crippen LogP contribution in [0.5, 0.6) is 5.75 Å². The van der Waals surface area contributed by atoms with Crippen LogP contribution in [0.1, 0.15) is 58.9 Å². The second-order valence-corrected chi connectivity index (χ2v) is 10.1. The number of aliphatic carboxylic acids is 1. The Morgan fingerprint density at radius 1 is 0.865 bits per heavy atom. The molecule has 4 atom stereocenters. The highest BCUT2D eigenvalue weighted by Gasteiger charge is 2.32. The molecule has 0 heterocycles. The minimum absolute atomic E-state index is 0.0300. The maximum absolute atomic E-state index is 13.2. The third-order valence-corrected chi connectivity index (χ3v) is 5.88. The average Bonchev–Trinajstić information content (AvgIpc) is 2.81. The normalized spacial score (nSPS) is 14.5. The van der Waals surface area contributed by atoms with Crippen molar-refractivity contribution in [1.29, 1.82) is 0 Å². The first-order valence-corrected chi connectivity index (χ1v) is 12.7. The number of hydrogen-bond donors (Lipinski definition) is 7. The van der Waals surface area contributed by atoms with Crippen molar-refractivity contribution in [3.8, 4) is 5.75 Å². The molecule has 0 bridgehead atoms. The maximum atomic E-state index is 13.2. The van der Waals surface area contributed by atoms with Crippen molar-refractivity contribution >= 4 is 23.7 Å². The lowest BCUT2D eigenvalue weighted by molar-refractivity contribution is -0.142. The Hall–Kier alpha value is -3.18. The monoisotopic (exact) mass is 521 g/mol. The number of carbonyl (C=O) groups is 4. The molecule has 0 spiro atoms. The summed E-state index contributed by atoms with van der Waals surface area (Å²) in [6.45, 7) is 7.70. The minimum Gasteiger partial charge on any atom is -0.508 e. The van der Waals surface area contributed by atoms with Crippen molar-refractivity contribution in [1.82, 2.24) is 16.0 Å². The van der Waals surface area contributed by atoms with E-state index in [0.717, 1.165) is 5.56 Å². The summed E-state index contributed by atoms with van der Waals surface area (Å²) >= 11 is 0. The van der Waals surface area contributed by atoms with E-state index in [1.165, 1.54) is 12.1 Å². The first-order chi connectivity index (χ1) is 17.3. The SMILES string of the molecule is CC(C)CC(NC(=O)C(NC(=O)C(N)Cc1ccc(O)cc1)C(C)C)C(=O)NC(CCCCN)C(=O)O. The lowest BCUT2D eigenvalue weighted by atomic mass is 9.98. The van der Waals surface area contributed by atoms with Crippen molar-refractivity contribution in [2.24, 2.45) is 23.3 Å². The van der Waals surface area contributed by atoms with Gasteiger partial charge in [0.15, 0.2) is 0 Å². The summed E-state index contributed by atoms with van der Waals surface area (Å²) in [7, 11) is 0. The van der Waals surface area contributed by atoms with Gasteiger partial charge in [0.1, 0.15) is 23.9 Å². The van der Waals surface area contributed by atoms with Crippen molar-refractivity contribution in [2.45, 2.75) is 84.0 Å². The van der Waals surface area contributed by atoms with Gasteiger partial charge in [0.25, 0.3) is 0 Å². The fourth-order valence-electron chi connectivity index (χ4n) is 3.76. The molecule has 37 heavy (non-hydrogen) atoms. The van der Waals surface area contributed by atoms with Crippen LogP contribution in [-0.2, 0) is 25.6 Å². The molecule has 0 radical (unpaired) electrons. The fourth-order valence-corrected chi connectivity index (χ4v) is 3.76. The summed E-state index contributed by atoms with van der Waals surface area (Å²) in [5, 5.41) is 26.8. The van der Waals surface area contributed by atoms with E-state index in [1.54, 1.807) is 26.0 Å². The number of carboxylic acid groups (broad SMARTS) is 1. The molecular formula is C26H43N5O6. The minimum atomic E-state index is -1.16. The van der Waals surface area contributed by atoms with Gasteiger partial charge in [0, 0.05) is 0 Å². The summed E-state index contributed by atoms with van der Waals surface area (Å²) in [4.78, 5) is 50.5. The molecule has 1 aromatic carbocycles. The van der Waals surface area contributed by atoms with Gasteiger partial charge in [-0.05, 0) is 68.2 Å². The molecule has 11 nitrogen and oxygen atoms in total. The Morgan fingerprint density at radius 3 is 1.97 bits per heavy atom. The molecule has 4 unspecified atom stereocenters. The Bertz CT molecular complexity index is 890. The van der Waals surface area contributed by atoms with E-state index < -0.39 is 47.9 Å². The third kappa shape index (κ3) is 11.6. The highest BCUT2D eigenvalue weighted by molar-refractivity contribution is 5.94. The quantitative estimate of drug-likeness (QED) is 0.154. The zero-order valence-electron chi connectivity index (χ0n) is 22.2. The molecule has 0 fully saturated rings. The van der Waals surface area contributed by atoms with E-state index in [0.29, 0.717) is 19.4 Å². The molecule has 11 heteroatoms. The molecule has 208 valence electrons. The summed E-state index contributed by atoms with van der Waals surface area (Å²) in [6, 6.07) is 2.35. The van der Waals surface area contributed by atoms with Crippen LogP contribution in [0.25, 0.3) is 0 Å². The van der Waals surface area contributed by atoms with Crippen molar-refractivity contribution in [3.05, 3.63) is 29.8 Å². The van der Waals surface area contributed by atoms with Crippen LogP contribution in [0.15, 0.2) is 24.3 Å². The van der Waals surface area contributed by atoms with Crippen LogP contribution in [0.3, 0.4) is 0 Å². The van der Waals surface area contributed by atoms with E-state index in [1.807, 2.05) is 13.8 Å². The Balaban J connectivity index is 2.90. The van der Waals surface area contributed by atoms with Gasteiger partial charge in [-0.1, -0.05) is 39.8 Å². The number of amides is 3. The number of nitrogens with one attached hydrogen (secondary N) is 3. The molecule has 3 amide bonds. The highest BCUT2D eigenvalue weighted by Crippen LogP contribution is 2.12. The van der Waals surface area contributed by atoms with Crippen LogP contribution in [0.4, 0.5) is 0 Å². The van der Waals surface area contributed by atoms with Gasteiger partial charge in [-0.2, -0.15) is 0 Å². The predicted octanol–water partition coefficient (Wildman–Crippen LogP) is 0.632. The predicted molar refractivity (Wildman–Crippen MR) is 140 cm³/mol. The van der Waals surface area contributed by atoms with Crippen LogP contribution in [-0.4, -0.2) is 64.6 Å². The number of nitrogens with two attached hydrogens (primary N) is 2. The lowest BCUT2D eigenvalue weighted by Crippen LogP contribution is -2.58. The average molecular weight is 522 g/mol. The number of carbonyl (C=O) groups excluding carboxylic acids is 3. The van der Waals surface area contributed by atoms with Crippen LogP contribution in [0, 0.1) is 11.8 Å². The number of carboxylic acids is 1. The molecule has 0 aliphatic rings. The van der Waals surface area contributed by atoms with Crippen molar-refractivity contribution < 1.29 is 29.4 Å². The topological polar surface area (TPSA) is 197 Å². The first kappa shape index (κ1) is 31.8. The number of hydrogen-bond acceptors (Lipinski definition) is 7. The standard InChI is InChI=1S/C26H43N5O6/c1-15(2)13-21(24(34)29-20(26(36)37)7-5-6-12-27)30-25(35)22(16(3)4)31-23(33)19(28)14-17-8-10-18(32)11-9-17/h8-11,15-16,19-22,32H,5-7,12-14,27-28H2,1-4H3,(H,29,34)(H,30,35)(H,31,33)(H,36,37). The van der Waals surface area contributed by atoms with Crippen molar-refractivity contribution in [3.63, 3.8) is 0 Å². The van der Waals surface area contributed by atoms with Gasteiger partial charge >= 0.3 is 5.97 Å². The van der Waals surface area contributed by atoms with E-state index in [-0.39, 0.29) is 36.8 Å². The number of aromatic hydroxyl groups is 1. The van der Waals surface area contributed by atoms with E-state index in [4.69, 9.17) is 11.5 Å². The smallest absolute Gasteiger partial charge is 0.326 e. The molecule has 1 aromatic rings. The molecule has 0 aromatic heterocycles. The summed E-state index contributed by atoms with van der Waals surface area (Å²) in [6.07, 6.45) is 1.89. The Kier molecular flexibility index (Phi) is 13.6. The van der Waals surface area contributed by atoms with Gasteiger partial charge < -0.3 is 37.6 Å². The molecule has 0 saturated carbocycles. The lowest BCUT2D eigenvalue weighted by Gasteiger charge is -2.27. The molecular weight excluding hydrogens is 478 g/mol. The molecule has 9 N–H and O–H groups in total. The van der Waals surface area contributed by atoms with Crippen LogP contribution >= 0.6 is 0 Å². The van der Waals surface area contributed by atoms with Gasteiger partial charge in [-0.15, -0.1) is 0 Å². The molecule has 0 saturated heterocycles. The zero-order chi connectivity index (χ0) is 28.1. The van der Waals surface area contributed by atoms with Crippen molar-refractivity contribution in [2.75, 3.05) is 6.54 Å². The Labute approximate surface area is 218 Å². The van der Waals surface area contributed by atoms with Gasteiger partial charge in [0.05, 0.1) is 6.04 Å². The van der Waals surface area contributed by atoms with Gasteiger partial charge in [0.2, 0.25) is 17.7 Å². The number of phenolic OH excluding ortho intramolecular Hbond substituents is 1. The number of rotatable bonds is 16. The summed E-state index contributed by atoms with van der Waals surface area (Å²) in [5.41, 5.74) is 12.3.